The summed E-state index contributed by atoms with van der Waals surface area (Å²) in [5, 5.41) is 2.10. The van der Waals surface area contributed by atoms with Crippen LogP contribution in [0.4, 0.5) is 18.9 Å². The number of anilines is 1. The number of hydrogen-bond donors (Lipinski definition) is 1. The number of carbonyl (C=O) groups excluding carboxylic acids is 2. The molecule has 0 spiro atoms. The van der Waals surface area contributed by atoms with E-state index in [2.05, 4.69) is 5.32 Å². The Morgan fingerprint density at radius 2 is 1.57 bits per heavy atom. The van der Waals surface area contributed by atoms with Crippen molar-refractivity contribution in [1.29, 1.82) is 0 Å². The fraction of sp³-hybridized carbons (Fsp3) is 0.286. The van der Waals surface area contributed by atoms with Crippen LogP contribution in [-0.4, -0.2) is 44.3 Å². The second-order valence-electron chi connectivity index (χ2n) is 8.96. The monoisotopic (exact) mass is 595 g/mol. The van der Waals surface area contributed by atoms with Gasteiger partial charge in [-0.05, 0) is 49.2 Å². The molecule has 1 atom stereocenters. The molecular weight excluding hydrogens is 567 g/mol. The number of hydrogen-bond acceptors (Lipinski definition) is 4. The first-order valence-electron chi connectivity index (χ1n) is 12.4. The van der Waals surface area contributed by atoms with Crippen LogP contribution < -0.4 is 9.62 Å². The van der Waals surface area contributed by atoms with Crippen molar-refractivity contribution < 1.29 is 31.2 Å². The molecule has 3 aromatic rings. The lowest BCUT2D eigenvalue weighted by Crippen LogP contribution is -2.51. The predicted octanol–water partition coefficient (Wildman–Crippen LogP) is 5.50. The summed E-state index contributed by atoms with van der Waals surface area (Å²) in [6.07, 6.45) is -4.21. The van der Waals surface area contributed by atoms with Gasteiger partial charge < -0.3 is 10.2 Å². The summed E-state index contributed by atoms with van der Waals surface area (Å²) in [6.45, 7) is 2.84. The topological polar surface area (TPSA) is 86.8 Å². The number of nitrogens with one attached hydrogen (secondary N) is 1. The Hall–Kier alpha value is -3.57. The summed E-state index contributed by atoms with van der Waals surface area (Å²) in [5.41, 5.74) is -0.980. The maximum Gasteiger partial charge on any atom is 0.417 e. The van der Waals surface area contributed by atoms with E-state index in [1.165, 1.54) is 36.1 Å². The summed E-state index contributed by atoms with van der Waals surface area (Å²) >= 11 is 5.77. The van der Waals surface area contributed by atoms with Gasteiger partial charge in [-0.15, -0.1) is 0 Å². The SMILES string of the molecule is CCCNC(=O)C(C)N(Cc1ccccc1)C(=O)CN(c1ccc(Cl)c(C(F)(F)F)c1)S(=O)(=O)c1ccccc1. The first-order valence-corrected chi connectivity index (χ1v) is 14.2. The van der Waals surface area contributed by atoms with Gasteiger partial charge in [0, 0.05) is 13.1 Å². The van der Waals surface area contributed by atoms with Crippen molar-refractivity contribution in [3.05, 3.63) is 95.0 Å². The molecular formula is C28H29ClF3N3O4S. The van der Waals surface area contributed by atoms with E-state index in [0.29, 0.717) is 28.9 Å². The second kappa shape index (κ2) is 13.2. The Balaban J connectivity index is 2.09. The molecule has 0 aliphatic heterocycles. The van der Waals surface area contributed by atoms with E-state index in [-0.39, 0.29) is 11.4 Å². The minimum absolute atomic E-state index is 0.0337. The Morgan fingerprint density at radius 3 is 2.15 bits per heavy atom. The van der Waals surface area contributed by atoms with Crippen molar-refractivity contribution in [3.8, 4) is 0 Å². The van der Waals surface area contributed by atoms with Gasteiger partial charge in [0.25, 0.3) is 10.0 Å². The average molecular weight is 596 g/mol. The molecule has 12 heteroatoms. The molecule has 0 aliphatic carbocycles. The second-order valence-corrected chi connectivity index (χ2v) is 11.2. The Morgan fingerprint density at radius 1 is 0.975 bits per heavy atom. The molecule has 3 rings (SSSR count). The van der Waals surface area contributed by atoms with Gasteiger partial charge >= 0.3 is 6.18 Å². The summed E-state index contributed by atoms with van der Waals surface area (Å²) in [6, 6.07) is 17.4. The molecule has 40 heavy (non-hydrogen) atoms. The fourth-order valence-electron chi connectivity index (χ4n) is 3.89. The van der Waals surface area contributed by atoms with Crippen LogP contribution in [0.25, 0.3) is 0 Å². The van der Waals surface area contributed by atoms with Crippen LogP contribution >= 0.6 is 11.6 Å². The average Bonchev–Trinajstić information content (AvgIpc) is 2.93. The standard InChI is InChI=1S/C28H29ClF3N3O4S/c1-3-16-33-27(37)20(2)34(18-21-10-6-4-7-11-21)26(36)19-35(40(38,39)23-12-8-5-9-13-23)22-14-15-25(29)24(17-22)28(30,31)32/h4-15,17,20H,3,16,18-19H2,1-2H3,(H,33,37). The molecule has 0 fully saturated rings. The molecule has 0 radical (unpaired) electrons. The fourth-order valence-corrected chi connectivity index (χ4v) is 5.54. The number of halogens is 4. The highest BCUT2D eigenvalue weighted by Gasteiger charge is 2.36. The summed E-state index contributed by atoms with van der Waals surface area (Å²) < 4.78 is 69.0. The van der Waals surface area contributed by atoms with Gasteiger partial charge in [0.15, 0.2) is 0 Å². The molecule has 0 aliphatic rings. The van der Waals surface area contributed by atoms with Gasteiger partial charge in [-0.2, -0.15) is 13.2 Å². The van der Waals surface area contributed by atoms with Crippen LogP contribution in [0, 0.1) is 0 Å². The van der Waals surface area contributed by atoms with Crippen LogP contribution in [0.1, 0.15) is 31.4 Å². The lowest BCUT2D eigenvalue weighted by Gasteiger charge is -2.32. The summed E-state index contributed by atoms with van der Waals surface area (Å²) in [5.74, 6) is -1.24. The van der Waals surface area contributed by atoms with E-state index in [4.69, 9.17) is 11.6 Å². The van der Waals surface area contributed by atoms with E-state index in [9.17, 15) is 31.2 Å². The molecule has 0 bridgehead atoms. The number of sulfonamides is 1. The molecule has 0 saturated carbocycles. The first-order chi connectivity index (χ1) is 18.9. The van der Waals surface area contributed by atoms with Crippen LogP contribution in [-0.2, 0) is 32.3 Å². The van der Waals surface area contributed by atoms with E-state index in [1.54, 1.807) is 36.4 Å². The number of nitrogens with zero attached hydrogens (tertiary/aromatic N) is 2. The highest BCUT2D eigenvalue weighted by atomic mass is 35.5. The zero-order chi connectivity index (χ0) is 29.5. The molecule has 7 nitrogen and oxygen atoms in total. The maximum absolute atomic E-state index is 13.8. The van der Waals surface area contributed by atoms with Crippen LogP contribution in [0.3, 0.4) is 0 Å². The summed E-state index contributed by atoms with van der Waals surface area (Å²) in [4.78, 5) is 27.6. The van der Waals surface area contributed by atoms with Gasteiger partial charge in [-0.25, -0.2) is 8.42 Å². The molecule has 0 aromatic heterocycles. The third-order valence-corrected chi connectivity index (χ3v) is 8.18. The third-order valence-electron chi connectivity index (χ3n) is 6.07. The minimum atomic E-state index is -4.87. The van der Waals surface area contributed by atoms with Crippen LogP contribution in [0.2, 0.25) is 5.02 Å². The molecule has 214 valence electrons. The van der Waals surface area contributed by atoms with Crippen molar-refractivity contribution in [1.82, 2.24) is 10.2 Å². The van der Waals surface area contributed by atoms with Crippen molar-refractivity contribution in [2.24, 2.45) is 0 Å². The Kier molecular flexibility index (Phi) is 10.2. The van der Waals surface area contributed by atoms with E-state index in [0.717, 1.165) is 12.1 Å². The highest BCUT2D eigenvalue weighted by Crippen LogP contribution is 2.38. The predicted molar refractivity (Wildman–Crippen MR) is 147 cm³/mol. The first kappa shape index (κ1) is 31.0. The minimum Gasteiger partial charge on any atom is -0.354 e. The highest BCUT2D eigenvalue weighted by molar-refractivity contribution is 7.92. The van der Waals surface area contributed by atoms with E-state index < -0.39 is 56.9 Å². The zero-order valence-electron chi connectivity index (χ0n) is 21.9. The van der Waals surface area contributed by atoms with Crippen molar-refractivity contribution in [2.75, 3.05) is 17.4 Å². The normalized spacial score (nSPS) is 12.4. The zero-order valence-corrected chi connectivity index (χ0v) is 23.4. The quantitative estimate of drug-likeness (QED) is 0.317. The van der Waals surface area contributed by atoms with Crippen molar-refractivity contribution in [2.45, 2.75) is 43.9 Å². The lowest BCUT2D eigenvalue weighted by atomic mass is 10.1. The number of benzene rings is 3. The maximum atomic E-state index is 13.8. The van der Waals surface area contributed by atoms with Crippen LogP contribution in [0.5, 0.6) is 0 Å². The van der Waals surface area contributed by atoms with E-state index >= 15 is 0 Å². The van der Waals surface area contributed by atoms with Gasteiger partial charge in [-0.1, -0.05) is 67.1 Å². The van der Waals surface area contributed by atoms with E-state index in [1.807, 2.05) is 6.92 Å². The number of carbonyl (C=O) groups is 2. The van der Waals surface area contributed by atoms with Crippen molar-refractivity contribution in [3.63, 3.8) is 0 Å². The van der Waals surface area contributed by atoms with Gasteiger partial charge in [0.2, 0.25) is 11.8 Å². The molecule has 0 saturated heterocycles. The van der Waals surface area contributed by atoms with Crippen LogP contribution in [0.15, 0.2) is 83.8 Å². The van der Waals surface area contributed by atoms with Gasteiger partial charge in [-0.3, -0.25) is 13.9 Å². The summed E-state index contributed by atoms with van der Waals surface area (Å²) in [7, 11) is -4.52. The smallest absolute Gasteiger partial charge is 0.354 e. The van der Waals surface area contributed by atoms with Gasteiger partial charge in [0.05, 0.1) is 21.2 Å². The molecule has 0 heterocycles. The molecule has 2 amide bonds. The molecule has 1 unspecified atom stereocenters. The largest absolute Gasteiger partial charge is 0.417 e. The lowest BCUT2D eigenvalue weighted by molar-refractivity contribution is -0.139. The van der Waals surface area contributed by atoms with Gasteiger partial charge in [0.1, 0.15) is 12.6 Å². The van der Waals surface area contributed by atoms with Crippen molar-refractivity contribution >= 4 is 39.1 Å². The number of rotatable bonds is 11. The third kappa shape index (κ3) is 7.54. The Labute approximate surface area is 236 Å². The number of alkyl halides is 3. The number of amides is 2. The molecule has 1 N–H and O–H groups in total. The Bertz CT molecular complexity index is 1420. The molecule has 3 aromatic carbocycles.